The molecule has 3 nitrogen and oxygen atoms in total. The quantitative estimate of drug-likeness (QED) is 0.824. The summed E-state index contributed by atoms with van der Waals surface area (Å²) in [5, 5.41) is 0. The average molecular weight is 207 g/mol. The van der Waals surface area contributed by atoms with E-state index in [1.165, 1.54) is 31.4 Å². The van der Waals surface area contributed by atoms with Gasteiger partial charge in [-0.2, -0.15) is 0 Å². The normalized spacial score (nSPS) is 19.6. The molecule has 1 heterocycles. The second kappa shape index (κ2) is 4.79. The molecule has 0 saturated heterocycles. The first-order valence-corrected chi connectivity index (χ1v) is 6.07. The van der Waals surface area contributed by atoms with Crippen LogP contribution in [0.1, 0.15) is 50.8 Å². The molecule has 1 aliphatic carbocycles. The third kappa shape index (κ3) is 2.40. The zero-order chi connectivity index (χ0) is 10.7. The Morgan fingerprint density at radius 1 is 1.53 bits per heavy atom. The third-order valence-electron chi connectivity index (χ3n) is 3.49. The Hall–Kier alpha value is -0.830. The van der Waals surface area contributed by atoms with Crippen LogP contribution in [-0.4, -0.2) is 9.55 Å². The predicted octanol–water partition coefficient (Wildman–Crippen LogP) is 2.48. The monoisotopic (exact) mass is 207 g/mol. The van der Waals surface area contributed by atoms with E-state index in [0.29, 0.717) is 0 Å². The standard InChI is InChI=1S/C12H21N3/c1-2-11(13)12-7-14-9-15(12)8-10-5-3-4-6-10/h7,9-11H,2-6,8,13H2,1H3/t11-/m1/s1. The van der Waals surface area contributed by atoms with Gasteiger partial charge in [-0.15, -0.1) is 0 Å². The first-order valence-electron chi connectivity index (χ1n) is 6.07. The summed E-state index contributed by atoms with van der Waals surface area (Å²) in [6.07, 6.45) is 10.4. The molecule has 0 amide bonds. The van der Waals surface area contributed by atoms with Gasteiger partial charge in [0.25, 0.3) is 0 Å². The van der Waals surface area contributed by atoms with Crippen molar-refractivity contribution in [3.05, 3.63) is 18.2 Å². The maximum absolute atomic E-state index is 6.05. The van der Waals surface area contributed by atoms with Gasteiger partial charge in [0.1, 0.15) is 0 Å². The van der Waals surface area contributed by atoms with E-state index in [9.17, 15) is 0 Å². The third-order valence-corrected chi connectivity index (χ3v) is 3.49. The first kappa shape index (κ1) is 10.7. The van der Waals surface area contributed by atoms with Gasteiger partial charge in [0.05, 0.1) is 12.0 Å². The fourth-order valence-corrected chi connectivity index (χ4v) is 2.47. The number of aromatic nitrogens is 2. The van der Waals surface area contributed by atoms with Crippen molar-refractivity contribution >= 4 is 0 Å². The molecule has 1 atom stereocenters. The summed E-state index contributed by atoms with van der Waals surface area (Å²) in [6.45, 7) is 3.24. The van der Waals surface area contributed by atoms with E-state index in [2.05, 4.69) is 16.5 Å². The summed E-state index contributed by atoms with van der Waals surface area (Å²) >= 11 is 0. The molecule has 1 saturated carbocycles. The molecule has 1 aliphatic rings. The zero-order valence-corrected chi connectivity index (χ0v) is 9.52. The van der Waals surface area contributed by atoms with E-state index < -0.39 is 0 Å². The molecule has 2 rings (SSSR count). The highest BCUT2D eigenvalue weighted by Gasteiger charge is 2.17. The molecule has 3 heteroatoms. The fraction of sp³-hybridized carbons (Fsp3) is 0.750. The van der Waals surface area contributed by atoms with Crippen LogP contribution in [-0.2, 0) is 6.54 Å². The summed E-state index contributed by atoms with van der Waals surface area (Å²) in [5.74, 6) is 0.849. The van der Waals surface area contributed by atoms with Crippen molar-refractivity contribution in [2.75, 3.05) is 0 Å². The van der Waals surface area contributed by atoms with E-state index >= 15 is 0 Å². The van der Waals surface area contributed by atoms with E-state index in [1.807, 2.05) is 12.5 Å². The summed E-state index contributed by atoms with van der Waals surface area (Å²) in [5.41, 5.74) is 7.25. The fourth-order valence-electron chi connectivity index (χ4n) is 2.47. The number of nitrogens with zero attached hydrogens (tertiary/aromatic N) is 2. The van der Waals surface area contributed by atoms with Gasteiger partial charge >= 0.3 is 0 Å². The molecule has 0 bridgehead atoms. The predicted molar refractivity (Wildman–Crippen MR) is 61.4 cm³/mol. The summed E-state index contributed by atoms with van der Waals surface area (Å²) in [6, 6.07) is 0.147. The molecule has 84 valence electrons. The van der Waals surface area contributed by atoms with Crippen LogP contribution in [0, 0.1) is 5.92 Å². The van der Waals surface area contributed by atoms with Gasteiger partial charge in [-0.25, -0.2) is 4.98 Å². The van der Waals surface area contributed by atoms with Gasteiger partial charge in [0, 0.05) is 18.8 Å². The van der Waals surface area contributed by atoms with Crippen LogP contribution in [0.25, 0.3) is 0 Å². The van der Waals surface area contributed by atoms with Crippen molar-refractivity contribution < 1.29 is 0 Å². The Labute approximate surface area is 91.7 Å². The summed E-state index contributed by atoms with van der Waals surface area (Å²) in [4.78, 5) is 4.22. The second-order valence-corrected chi connectivity index (χ2v) is 4.64. The smallest absolute Gasteiger partial charge is 0.0948 e. The van der Waals surface area contributed by atoms with Gasteiger partial charge < -0.3 is 10.3 Å². The van der Waals surface area contributed by atoms with Crippen LogP contribution in [0.3, 0.4) is 0 Å². The van der Waals surface area contributed by atoms with Gasteiger partial charge in [-0.05, 0) is 25.2 Å². The molecule has 0 aliphatic heterocycles. The maximum Gasteiger partial charge on any atom is 0.0948 e. The van der Waals surface area contributed by atoms with Crippen molar-refractivity contribution in [3.8, 4) is 0 Å². The minimum atomic E-state index is 0.147. The van der Waals surface area contributed by atoms with E-state index in [4.69, 9.17) is 5.73 Å². The average Bonchev–Trinajstić information content (AvgIpc) is 2.88. The lowest BCUT2D eigenvalue weighted by molar-refractivity contribution is 0.439. The first-order chi connectivity index (χ1) is 7.31. The molecule has 0 unspecified atom stereocenters. The molecular weight excluding hydrogens is 186 g/mol. The highest BCUT2D eigenvalue weighted by molar-refractivity contribution is 5.04. The summed E-state index contributed by atoms with van der Waals surface area (Å²) in [7, 11) is 0. The Morgan fingerprint density at radius 2 is 2.27 bits per heavy atom. The topological polar surface area (TPSA) is 43.8 Å². The molecule has 2 N–H and O–H groups in total. The van der Waals surface area contributed by atoms with Crippen LogP contribution in [0.4, 0.5) is 0 Å². The lowest BCUT2D eigenvalue weighted by atomic mass is 10.1. The second-order valence-electron chi connectivity index (χ2n) is 4.64. The molecule has 0 spiro atoms. The molecule has 15 heavy (non-hydrogen) atoms. The molecule has 0 aromatic carbocycles. The molecule has 0 radical (unpaired) electrons. The Bertz CT molecular complexity index is 300. The Kier molecular flexibility index (Phi) is 3.41. The summed E-state index contributed by atoms with van der Waals surface area (Å²) < 4.78 is 2.25. The molecule has 1 aromatic heterocycles. The lowest BCUT2D eigenvalue weighted by Gasteiger charge is -2.16. The van der Waals surface area contributed by atoms with E-state index in [0.717, 1.165) is 18.9 Å². The van der Waals surface area contributed by atoms with E-state index in [1.54, 1.807) is 0 Å². The zero-order valence-electron chi connectivity index (χ0n) is 9.52. The number of rotatable bonds is 4. The van der Waals surface area contributed by atoms with Crippen LogP contribution in [0.5, 0.6) is 0 Å². The van der Waals surface area contributed by atoms with Gasteiger partial charge in [0.2, 0.25) is 0 Å². The molecule has 1 fully saturated rings. The number of hydrogen-bond donors (Lipinski definition) is 1. The van der Waals surface area contributed by atoms with Crippen LogP contribution in [0.15, 0.2) is 12.5 Å². The van der Waals surface area contributed by atoms with Crippen molar-refractivity contribution in [1.29, 1.82) is 0 Å². The highest BCUT2D eigenvalue weighted by atomic mass is 15.1. The van der Waals surface area contributed by atoms with Crippen LogP contribution < -0.4 is 5.73 Å². The maximum atomic E-state index is 6.05. The minimum absolute atomic E-state index is 0.147. The number of nitrogens with two attached hydrogens (primary N) is 1. The lowest BCUT2D eigenvalue weighted by Crippen LogP contribution is -2.16. The highest BCUT2D eigenvalue weighted by Crippen LogP contribution is 2.27. The SMILES string of the molecule is CC[C@@H](N)c1cncn1CC1CCCC1. The van der Waals surface area contributed by atoms with Crippen molar-refractivity contribution in [2.45, 2.75) is 51.6 Å². The minimum Gasteiger partial charge on any atom is -0.333 e. The van der Waals surface area contributed by atoms with Crippen molar-refractivity contribution in [2.24, 2.45) is 11.7 Å². The van der Waals surface area contributed by atoms with Crippen molar-refractivity contribution in [1.82, 2.24) is 9.55 Å². The van der Waals surface area contributed by atoms with Crippen LogP contribution >= 0.6 is 0 Å². The van der Waals surface area contributed by atoms with E-state index in [-0.39, 0.29) is 6.04 Å². The number of imidazole rings is 1. The van der Waals surface area contributed by atoms with Gasteiger partial charge in [-0.3, -0.25) is 0 Å². The Morgan fingerprint density at radius 3 is 2.93 bits per heavy atom. The van der Waals surface area contributed by atoms with Crippen LogP contribution in [0.2, 0.25) is 0 Å². The molecule has 1 aromatic rings. The Balaban J connectivity index is 2.03. The largest absolute Gasteiger partial charge is 0.333 e. The van der Waals surface area contributed by atoms with Crippen molar-refractivity contribution in [3.63, 3.8) is 0 Å². The number of hydrogen-bond acceptors (Lipinski definition) is 2. The van der Waals surface area contributed by atoms with Gasteiger partial charge in [0.15, 0.2) is 0 Å². The van der Waals surface area contributed by atoms with Gasteiger partial charge in [-0.1, -0.05) is 19.8 Å². The molecular formula is C12H21N3.